The smallest absolute Gasteiger partial charge is 0.261 e. The molecule has 43 heavy (non-hydrogen) atoms. The van der Waals surface area contributed by atoms with Gasteiger partial charge in [-0.15, -0.1) is 10.2 Å². The summed E-state index contributed by atoms with van der Waals surface area (Å²) in [6, 6.07) is 24.8. The van der Waals surface area contributed by atoms with Crippen LogP contribution in [0.1, 0.15) is 51.4 Å². The van der Waals surface area contributed by atoms with Crippen LogP contribution in [0.4, 0.5) is 0 Å². The number of hydrogen-bond donors (Lipinski definition) is 1. The van der Waals surface area contributed by atoms with Gasteiger partial charge in [-0.1, -0.05) is 66.7 Å². The van der Waals surface area contributed by atoms with Crippen LogP contribution in [0.2, 0.25) is 0 Å². The minimum Gasteiger partial charge on any atom is -0.351 e. The molecule has 216 valence electrons. The van der Waals surface area contributed by atoms with Crippen molar-refractivity contribution < 1.29 is 14.4 Å². The quantitative estimate of drug-likeness (QED) is 0.120. The maximum atomic E-state index is 13.2. The highest BCUT2D eigenvalue weighted by Gasteiger charge is 2.32. The monoisotopic (exact) mass is 590 g/mol. The van der Waals surface area contributed by atoms with Crippen molar-refractivity contribution in [2.45, 2.75) is 37.4 Å². The number of aryl methyl sites for hydroxylation is 1. The van der Waals surface area contributed by atoms with Crippen molar-refractivity contribution in [2.24, 2.45) is 0 Å². The Balaban J connectivity index is 1.06. The third-order valence-electron chi connectivity index (χ3n) is 7.40. The number of rotatable bonds is 12. The number of para-hydroxylation sites is 1. The number of carbonyl (C=O) groups is 3. The number of pyridine rings is 1. The normalized spacial score (nSPS) is 12.6. The second-order valence-corrected chi connectivity index (χ2v) is 11.2. The van der Waals surface area contributed by atoms with Crippen molar-refractivity contribution in [1.29, 1.82) is 0 Å². The zero-order valence-corrected chi connectivity index (χ0v) is 24.3. The van der Waals surface area contributed by atoms with E-state index >= 15 is 0 Å². The first-order chi connectivity index (χ1) is 21.1. The fraction of sp³-hybridized carbons (Fsp3) is 0.212. The number of hydrogen-bond acceptors (Lipinski definition) is 7. The molecule has 5 aromatic rings. The van der Waals surface area contributed by atoms with Gasteiger partial charge in [0.15, 0.2) is 5.16 Å². The van der Waals surface area contributed by atoms with E-state index in [4.69, 9.17) is 0 Å². The third kappa shape index (κ3) is 6.19. The third-order valence-corrected chi connectivity index (χ3v) is 8.33. The molecule has 0 saturated carbocycles. The molecule has 9 nitrogen and oxygen atoms in total. The first-order valence-electron chi connectivity index (χ1n) is 14.3. The maximum absolute atomic E-state index is 13.2. The van der Waals surface area contributed by atoms with Gasteiger partial charge in [0.25, 0.3) is 11.8 Å². The van der Waals surface area contributed by atoms with Crippen LogP contribution in [0, 0.1) is 0 Å². The maximum Gasteiger partial charge on any atom is 0.261 e. The molecule has 0 bridgehead atoms. The van der Waals surface area contributed by atoms with Crippen LogP contribution in [0.3, 0.4) is 0 Å². The lowest BCUT2D eigenvalue weighted by Gasteiger charge is -2.27. The van der Waals surface area contributed by atoms with E-state index in [-0.39, 0.29) is 23.5 Å². The molecular formula is C33H30N6O3S. The topological polar surface area (TPSA) is 110 Å². The zero-order valence-electron chi connectivity index (χ0n) is 23.5. The molecule has 0 spiro atoms. The molecular weight excluding hydrogens is 560 g/mol. The molecule has 0 radical (unpaired) electrons. The van der Waals surface area contributed by atoms with Crippen molar-refractivity contribution in [2.75, 3.05) is 12.3 Å². The van der Waals surface area contributed by atoms with E-state index in [1.807, 2.05) is 71.3 Å². The Morgan fingerprint density at radius 2 is 1.58 bits per heavy atom. The minimum atomic E-state index is -0.232. The summed E-state index contributed by atoms with van der Waals surface area (Å²) in [5.41, 5.74) is 3.03. The van der Waals surface area contributed by atoms with E-state index in [2.05, 4.69) is 20.5 Å². The van der Waals surface area contributed by atoms with E-state index in [0.29, 0.717) is 42.2 Å². The van der Waals surface area contributed by atoms with E-state index < -0.39 is 0 Å². The highest BCUT2D eigenvalue weighted by molar-refractivity contribution is 7.99. The molecule has 1 N–H and O–H groups in total. The molecule has 3 amide bonds. The van der Waals surface area contributed by atoms with Crippen LogP contribution in [0.5, 0.6) is 0 Å². The fourth-order valence-corrected chi connectivity index (χ4v) is 6.09. The summed E-state index contributed by atoms with van der Waals surface area (Å²) >= 11 is 1.34. The molecule has 0 unspecified atom stereocenters. The van der Waals surface area contributed by atoms with Crippen molar-refractivity contribution in [3.63, 3.8) is 0 Å². The molecule has 10 heteroatoms. The Morgan fingerprint density at radius 1 is 0.814 bits per heavy atom. The van der Waals surface area contributed by atoms with Crippen molar-refractivity contribution in [3.05, 3.63) is 114 Å². The average Bonchev–Trinajstić information content (AvgIpc) is 3.46. The van der Waals surface area contributed by atoms with E-state index in [1.165, 1.54) is 16.7 Å². The number of nitrogens with zero attached hydrogens (tertiary/aromatic N) is 5. The summed E-state index contributed by atoms with van der Waals surface area (Å²) in [4.78, 5) is 44.3. The van der Waals surface area contributed by atoms with Crippen LogP contribution in [0.15, 0.2) is 96.4 Å². The van der Waals surface area contributed by atoms with Crippen LogP contribution in [-0.4, -0.2) is 54.7 Å². The number of carbonyl (C=O) groups excluding carboxylic acids is 3. The molecule has 6 rings (SSSR count). The summed E-state index contributed by atoms with van der Waals surface area (Å²) in [5.74, 6) is 0.447. The van der Waals surface area contributed by atoms with Crippen LogP contribution < -0.4 is 5.32 Å². The van der Waals surface area contributed by atoms with Gasteiger partial charge >= 0.3 is 0 Å². The van der Waals surface area contributed by atoms with Crippen LogP contribution in [0.25, 0.3) is 16.5 Å². The molecule has 1 aliphatic heterocycles. The largest absolute Gasteiger partial charge is 0.351 e. The number of amides is 3. The van der Waals surface area contributed by atoms with Gasteiger partial charge in [-0.2, -0.15) is 0 Å². The van der Waals surface area contributed by atoms with Gasteiger partial charge in [0.2, 0.25) is 5.91 Å². The predicted octanol–water partition coefficient (Wildman–Crippen LogP) is 5.23. The number of nitrogens with one attached hydrogen (secondary N) is 1. The number of aromatic nitrogens is 4. The predicted molar refractivity (Wildman–Crippen MR) is 165 cm³/mol. The first kappa shape index (κ1) is 28.3. The van der Waals surface area contributed by atoms with Gasteiger partial charge in [0, 0.05) is 54.1 Å². The standard InChI is InChI=1S/C33H30N6O3S/c40-29(35-21-23-10-9-18-34-20-23)22-43-33-37-36-28(39(33)25-13-3-1-4-14-25)17-5-2-6-19-38-31(41)26-15-7-11-24-12-8-16-27(30(24)26)32(38)42/h1,3-4,7-16,18,20H,2,5-6,17,19,21-22H2,(H,35,40). The summed E-state index contributed by atoms with van der Waals surface area (Å²) in [5, 5.41) is 14.1. The van der Waals surface area contributed by atoms with Crippen LogP contribution >= 0.6 is 11.8 Å². The van der Waals surface area contributed by atoms with E-state index in [9.17, 15) is 14.4 Å². The zero-order chi connectivity index (χ0) is 29.6. The Hall–Kier alpha value is -4.83. The lowest BCUT2D eigenvalue weighted by atomic mass is 9.94. The number of imide groups is 1. The summed E-state index contributed by atoms with van der Waals surface area (Å²) in [7, 11) is 0. The first-order valence-corrected chi connectivity index (χ1v) is 15.2. The van der Waals surface area contributed by atoms with Gasteiger partial charge in [-0.3, -0.25) is 28.8 Å². The SMILES string of the molecule is O=C(CSc1nnc(CCCCCN2C(=O)c3cccc4cccc(c34)C2=O)n1-c1ccccc1)NCc1cccnc1. The second-order valence-electron chi connectivity index (χ2n) is 10.3. The fourth-order valence-electron chi connectivity index (χ4n) is 5.29. The van der Waals surface area contributed by atoms with Gasteiger partial charge in [0.05, 0.1) is 5.75 Å². The Morgan fingerprint density at radius 3 is 2.30 bits per heavy atom. The molecule has 1 aliphatic rings. The molecule has 2 aromatic heterocycles. The van der Waals surface area contributed by atoms with Gasteiger partial charge in [0.1, 0.15) is 5.82 Å². The van der Waals surface area contributed by atoms with Gasteiger partial charge in [-0.05, 0) is 54.1 Å². The number of unbranched alkanes of at least 4 members (excludes halogenated alkanes) is 2. The Bertz CT molecular complexity index is 1720. The molecule has 3 heterocycles. The minimum absolute atomic E-state index is 0.0984. The molecule has 0 aliphatic carbocycles. The molecule has 0 atom stereocenters. The Kier molecular flexibility index (Phi) is 8.55. The van der Waals surface area contributed by atoms with Crippen molar-refractivity contribution >= 4 is 40.3 Å². The number of thioether (sulfide) groups is 1. The second kappa shape index (κ2) is 13.0. The lowest BCUT2D eigenvalue weighted by molar-refractivity contribution is -0.118. The van der Waals surface area contributed by atoms with Crippen LogP contribution in [-0.2, 0) is 17.8 Å². The molecule has 0 saturated heterocycles. The lowest BCUT2D eigenvalue weighted by Crippen LogP contribution is -2.40. The van der Waals surface area contributed by atoms with Gasteiger partial charge in [-0.25, -0.2) is 0 Å². The number of benzene rings is 3. The van der Waals surface area contributed by atoms with Crippen molar-refractivity contribution in [3.8, 4) is 5.69 Å². The molecule has 0 fully saturated rings. The highest BCUT2D eigenvalue weighted by Crippen LogP contribution is 2.30. The highest BCUT2D eigenvalue weighted by atomic mass is 32.2. The summed E-state index contributed by atoms with van der Waals surface area (Å²) < 4.78 is 1.99. The summed E-state index contributed by atoms with van der Waals surface area (Å²) in [6.07, 6.45) is 6.40. The van der Waals surface area contributed by atoms with E-state index in [1.54, 1.807) is 24.5 Å². The van der Waals surface area contributed by atoms with E-state index in [0.717, 1.165) is 40.7 Å². The summed E-state index contributed by atoms with van der Waals surface area (Å²) in [6.45, 7) is 0.781. The molecule has 3 aromatic carbocycles. The average molecular weight is 591 g/mol. The Labute approximate surface area is 253 Å². The van der Waals surface area contributed by atoms with Crippen molar-refractivity contribution in [1.82, 2.24) is 30.0 Å². The van der Waals surface area contributed by atoms with Gasteiger partial charge < -0.3 is 5.32 Å².